The van der Waals surface area contributed by atoms with Crippen LogP contribution >= 0.6 is 23.2 Å². The molecule has 0 aromatic heterocycles. The predicted octanol–water partition coefficient (Wildman–Crippen LogP) is 3.93. The van der Waals surface area contributed by atoms with Crippen molar-refractivity contribution in [3.63, 3.8) is 0 Å². The molecule has 1 aromatic rings. The predicted molar refractivity (Wildman–Crippen MR) is 73.9 cm³/mol. The van der Waals surface area contributed by atoms with Crippen molar-refractivity contribution in [1.82, 2.24) is 5.32 Å². The largest absolute Gasteiger partial charge is 0.385 e. The van der Waals surface area contributed by atoms with Crippen LogP contribution in [0.15, 0.2) is 18.2 Å². The van der Waals surface area contributed by atoms with Crippen molar-refractivity contribution < 1.29 is 4.74 Å². The first kappa shape index (κ1) is 14.8. The fourth-order valence-electron chi connectivity index (χ4n) is 2.00. The molecule has 2 nitrogen and oxygen atoms in total. The van der Waals surface area contributed by atoms with Gasteiger partial charge in [-0.25, -0.2) is 0 Å². The first-order chi connectivity index (χ1) is 8.08. The molecule has 0 fully saturated rings. The molecule has 0 aliphatic heterocycles. The maximum absolute atomic E-state index is 6.02. The third-order valence-corrected chi connectivity index (χ3v) is 3.34. The molecule has 0 bridgehead atoms. The van der Waals surface area contributed by atoms with Crippen molar-refractivity contribution in [2.24, 2.45) is 5.92 Å². The van der Waals surface area contributed by atoms with Crippen LogP contribution in [0.2, 0.25) is 10.0 Å². The molecule has 2 unspecified atom stereocenters. The Morgan fingerprint density at radius 1 is 1.24 bits per heavy atom. The summed E-state index contributed by atoms with van der Waals surface area (Å²) in [7, 11) is 3.67. The van der Waals surface area contributed by atoms with Gasteiger partial charge in [0.15, 0.2) is 0 Å². The van der Waals surface area contributed by atoms with E-state index in [-0.39, 0.29) is 6.04 Å². The van der Waals surface area contributed by atoms with Crippen LogP contribution in [0.25, 0.3) is 0 Å². The summed E-state index contributed by atoms with van der Waals surface area (Å²) in [5.41, 5.74) is 1.12. The van der Waals surface area contributed by atoms with Gasteiger partial charge in [0.05, 0.1) is 0 Å². The summed E-state index contributed by atoms with van der Waals surface area (Å²) in [6, 6.07) is 5.90. The molecular weight excluding hydrogens is 257 g/mol. The molecule has 0 spiro atoms. The molecule has 2 atom stereocenters. The fourth-order valence-corrected chi connectivity index (χ4v) is 2.55. The first-order valence-electron chi connectivity index (χ1n) is 5.70. The Morgan fingerprint density at radius 2 is 1.82 bits per heavy atom. The van der Waals surface area contributed by atoms with Gasteiger partial charge in [-0.2, -0.15) is 0 Å². The maximum atomic E-state index is 6.02. The lowest BCUT2D eigenvalue weighted by molar-refractivity contribution is 0.171. The SMILES string of the molecule is CNC(c1cc(Cl)cc(Cl)c1)C(C)CCOC. The summed E-state index contributed by atoms with van der Waals surface area (Å²) in [6.45, 7) is 2.95. The average Bonchev–Trinajstić information content (AvgIpc) is 2.26. The Labute approximate surface area is 113 Å². The second kappa shape index (κ2) is 7.22. The van der Waals surface area contributed by atoms with E-state index in [1.807, 2.05) is 19.2 Å². The van der Waals surface area contributed by atoms with Crippen LogP contribution in [0.1, 0.15) is 24.9 Å². The summed E-state index contributed by atoms with van der Waals surface area (Å²) < 4.78 is 5.11. The Balaban J connectivity index is 2.84. The molecule has 17 heavy (non-hydrogen) atoms. The monoisotopic (exact) mass is 275 g/mol. The van der Waals surface area contributed by atoms with Gasteiger partial charge in [0.2, 0.25) is 0 Å². The molecule has 0 saturated heterocycles. The molecule has 1 aromatic carbocycles. The van der Waals surface area contributed by atoms with Gasteiger partial charge in [0.1, 0.15) is 0 Å². The summed E-state index contributed by atoms with van der Waals surface area (Å²) in [5, 5.41) is 4.65. The first-order valence-corrected chi connectivity index (χ1v) is 6.46. The minimum absolute atomic E-state index is 0.237. The van der Waals surface area contributed by atoms with E-state index in [0.717, 1.165) is 18.6 Å². The molecule has 0 heterocycles. The van der Waals surface area contributed by atoms with Crippen molar-refractivity contribution in [2.75, 3.05) is 20.8 Å². The van der Waals surface area contributed by atoms with Crippen LogP contribution in [0, 0.1) is 5.92 Å². The van der Waals surface area contributed by atoms with Crippen molar-refractivity contribution in [1.29, 1.82) is 0 Å². The van der Waals surface area contributed by atoms with Gasteiger partial charge in [-0.05, 0) is 43.1 Å². The molecular formula is C13H19Cl2NO. The number of hydrogen-bond acceptors (Lipinski definition) is 2. The van der Waals surface area contributed by atoms with Crippen LogP contribution in [0.4, 0.5) is 0 Å². The summed E-state index contributed by atoms with van der Waals surface area (Å²) in [4.78, 5) is 0. The molecule has 0 saturated carbocycles. The normalized spacial score (nSPS) is 14.6. The Kier molecular flexibility index (Phi) is 6.28. The van der Waals surface area contributed by atoms with Crippen LogP contribution in [-0.4, -0.2) is 20.8 Å². The van der Waals surface area contributed by atoms with E-state index in [2.05, 4.69) is 12.2 Å². The number of nitrogens with one attached hydrogen (secondary N) is 1. The van der Waals surface area contributed by atoms with Gasteiger partial charge in [0.25, 0.3) is 0 Å². The smallest absolute Gasteiger partial charge is 0.0465 e. The lowest BCUT2D eigenvalue weighted by Gasteiger charge is -2.24. The lowest BCUT2D eigenvalue weighted by atomic mass is 9.92. The molecule has 0 radical (unpaired) electrons. The fraction of sp³-hybridized carbons (Fsp3) is 0.538. The molecule has 0 aliphatic carbocycles. The number of hydrogen-bond donors (Lipinski definition) is 1. The Morgan fingerprint density at radius 3 is 2.29 bits per heavy atom. The third-order valence-electron chi connectivity index (χ3n) is 2.90. The molecule has 4 heteroatoms. The molecule has 1 rings (SSSR count). The Bertz CT molecular complexity index is 337. The van der Waals surface area contributed by atoms with E-state index >= 15 is 0 Å². The zero-order chi connectivity index (χ0) is 12.8. The van der Waals surface area contributed by atoms with Crippen molar-refractivity contribution in [3.05, 3.63) is 33.8 Å². The summed E-state index contributed by atoms with van der Waals surface area (Å²) in [5.74, 6) is 0.453. The maximum Gasteiger partial charge on any atom is 0.0465 e. The highest BCUT2D eigenvalue weighted by atomic mass is 35.5. The molecule has 0 aliphatic rings. The second-order valence-electron chi connectivity index (χ2n) is 4.23. The standard InChI is InChI=1S/C13H19Cl2NO/c1-9(4-5-17-3)13(16-2)10-6-11(14)8-12(15)7-10/h6-9,13,16H,4-5H2,1-3H3. The third kappa shape index (κ3) is 4.47. The van der Waals surface area contributed by atoms with E-state index in [1.165, 1.54) is 0 Å². The summed E-state index contributed by atoms with van der Waals surface area (Å²) in [6.07, 6.45) is 0.992. The highest BCUT2D eigenvalue weighted by Crippen LogP contribution is 2.29. The zero-order valence-corrected chi connectivity index (χ0v) is 12.0. The van der Waals surface area contributed by atoms with Gasteiger partial charge in [-0.15, -0.1) is 0 Å². The lowest BCUT2D eigenvalue weighted by Crippen LogP contribution is -2.24. The van der Waals surface area contributed by atoms with Gasteiger partial charge < -0.3 is 10.1 Å². The Hall–Kier alpha value is -0.280. The molecule has 0 amide bonds. The zero-order valence-electron chi connectivity index (χ0n) is 10.5. The number of ether oxygens (including phenoxy) is 1. The number of rotatable bonds is 6. The molecule has 1 N–H and O–H groups in total. The van der Waals surface area contributed by atoms with Gasteiger partial charge in [-0.3, -0.25) is 0 Å². The van der Waals surface area contributed by atoms with Gasteiger partial charge >= 0.3 is 0 Å². The highest BCUT2D eigenvalue weighted by Gasteiger charge is 2.18. The van der Waals surface area contributed by atoms with Crippen LogP contribution < -0.4 is 5.32 Å². The van der Waals surface area contributed by atoms with E-state index in [0.29, 0.717) is 16.0 Å². The quantitative estimate of drug-likeness (QED) is 0.850. The van der Waals surface area contributed by atoms with E-state index in [9.17, 15) is 0 Å². The average molecular weight is 276 g/mol. The summed E-state index contributed by atoms with van der Waals surface area (Å²) >= 11 is 12.0. The molecule has 96 valence electrons. The minimum Gasteiger partial charge on any atom is -0.385 e. The van der Waals surface area contributed by atoms with E-state index in [1.54, 1.807) is 13.2 Å². The number of halogens is 2. The van der Waals surface area contributed by atoms with E-state index in [4.69, 9.17) is 27.9 Å². The van der Waals surface area contributed by atoms with Crippen molar-refractivity contribution >= 4 is 23.2 Å². The van der Waals surface area contributed by atoms with Crippen LogP contribution in [-0.2, 0) is 4.74 Å². The highest BCUT2D eigenvalue weighted by molar-refractivity contribution is 6.34. The van der Waals surface area contributed by atoms with Crippen molar-refractivity contribution in [2.45, 2.75) is 19.4 Å². The topological polar surface area (TPSA) is 21.3 Å². The number of benzene rings is 1. The van der Waals surface area contributed by atoms with E-state index < -0.39 is 0 Å². The van der Waals surface area contributed by atoms with Crippen molar-refractivity contribution in [3.8, 4) is 0 Å². The minimum atomic E-state index is 0.237. The van der Waals surface area contributed by atoms with Gasteiger partial charge in [-0.1, -0.05) is 30.1 Å². The number of methoxy groups -OCH3 is 1. The second-order valence-corrected chi connectivity index (χ2v) is 5.10. The van der Waals surface area contributed by atoms with Crippen LogP contribution in [0.3, 0.4) is 0 Å². The van der Waals surface area contributed by atoms with Gasteiger partial charge in [0, 0.05) is 29.8 Å². The van der Waals surface area contributed by atoms with Crippen LogP contribution in [0.5, 0.6) is 0 Å².